The summed E-state index contributed by atoms with van der Waals surface area (Å²) in [5.74, 6) is -1.66. The first-order valence-electron chi connectivity index (χ1n) is 15.5. The molecular weight excluding hydrogens is 512 g/mol. The Balaban J connectivity index is 3.35. The zero-order chi connectivity index (χ0) is 29.6. The molecule has 12 nitrogen and oxygen atoms in total. The summed E-state index contributed by atoms with van der Waals surface area (Å²) >= 11 is 0. The average molecular weight is 573 g/mol. The summed E-state index contributed by atoms with van der Waals surface area (Å²) < 4.78 is 0. The van der Waals surface area contributed by atoms with Gasteiger partial charge in [-0.2, -0.15) is 0 Å². The smallest absolute Gasteiger partial charge is 0.317 e. The number of aliphatic carboxylic acids is 2. The van der Waals surface area contributed by atoms with Gasteiger partial charge in [-0.1, -0.05) is 25.7 Å². The number of unbranched alkanes of at least 4 members (excludes halogenated alkanes) is 4. The van der Waals surface area contributed by atoms with Crippen LogP contribution in [0.4, 0.5) is 0 Å². The fourth-order valence-electron chi connectivity index (χ4n) is 5.67. The van der Waals surface area contributed by atoms with Gasteiger partial charge in [0.25, 0.3) is 0 Å². The molecule has 12 heteroatoms. The number of hydrogen-bond acceptors (Lipinski definition) is 10. The van der Waals surface area contributed by atoms with Crippen LogP contribution in [0.2, 0.25) is 0 Å². The van der Waals surface area contributed by atoms with Crippen molar-refractivity contribution in [2.45, 2.75) is 101 Å². The van der Waals surface area contributed by atoms with Crippen LogP contribution in [-0.2, 0) is 9.59 Å². The van der Waals surface area contributed by atoms with Crippen LogP contribution in [0, 0.1) is 0 Å². The van der Waals surface area contributed by atoms with Crippen LogP contribution in [0.1, 0.15) is 77.0 Å². The van der Waals surface area contributed by atoms with E-state index < -0.39 is 11.9 Å². The monoisotopic (exact) mass is 572 g/mol. The zero-order valence-corrected chi connectivity index (χ0v) is 24.8. The predicted molar refractivity (Wildman–Crippen MR) is 161 cm³/mol. The van der Waals surface area contributed by atoms with Crippen LogP contribution in [0.5, 0.6) is 0 Å². The number of nitrogens with zero attached hydrogens (tertiary/aromatic N) is 2. The van der Waals surface area contributed by atoms with Gasteiger partial charge < -0.3 is 43.8 Å². The highest BCUT2D eigenvalue weighted by molar-refractivity contribution is 5.69. The maximum atomic E-state index is 12.0. The second-order valence-electron chi connectivity index (χ2n) is 11.3. The largest absolute Gasteiger partial charge is 0.480 e. The van der Waals surface area contributed by atoms with Crippen LogP contribution in [-0.4, -0.2) is 122 Å². The summed E-state index contributed by atoms with van der Waals surface area (Å²) in [6.45, 7) is 4.92. The first-order chi connectivity index (χ1) is 19.3. The van der Waals surface area contributed by atoms with Crippen LogP contribution >= 0.6 is 0 Å². The van der Waals surface area contributed by atoms with E-state index in [0.29, 0.717) is 52.4 Å². The normalized spacial score (nSPS) is 23.9. The second kappa shape index (κ2) is 23.2. The number of nitrogens with two attached hydrogens (primary N) is 4. The Labute approximate surface area is 241 Å². The first-order valence-corrected chi connectivity index (χ1v) is 15.5. The van der Waals surface area contributed by atoms with Crippen LogP contribution in [0.3, 0.4) is 0 Å². The van der Waals surface area contributed by atoms with Gasteiger partial charge in [0, 0.05) is 50.3 Å². The van der Waals surface area contributed by atoms with Crippen molar-refractivity contribution in [2.75, 3.05) is 65.4 Å². The summed E-state index contributed by atoms with van der Waals surface area (Å²) in [4.78, 5) is 28.2. The predicted octanol–water partition coefficient (Wildman–Crippen LogP) is -0.0572. The lowest BCUT2D eigenvalue weighted by Crippen LogP contribution is -2.57. The standard InChI is InChI=1S/C28H60N8O4/c29-13-5-1-9-23-19-35(21-27(37)38)26(12-4-8-16-32)18-34-24(10-2-6-14-30)20-36(22-28(39)40)25(17-33-23)11-3-7-15-31/h23-26,33-34H,1-22,29-32H2,(H,37,38)(H,39,40)/t23-,24-,25-,26-/m0/s1. The molecule has 0 amide bonds. The summed E-state index contributed by atoms with van der Waals surface area (Å²) in [5, 5.41) is 27.1. The fraction of sp³-hybridized carbons (Fsp3) is 0.929. The van der Waals surface area contributed by atoms with Gasteiger partial charge in [0.2, 0.25) is 0 Å². The Morgan fingerprint density at radius 3 is 1.20 bits per heavy atom. The quantitative estimate of drug-likeness (QED) is 0.0902. The fourth-order valence-corrected chi connectivity index (χ4v) is 5.67. The van der Waals surface area contributed by atoms with Crippen molar-refractivity contribution in [3.63, 3.8) is 0 Å². The maximum absolute atomic E-state index is 12.0. The highest BCUT2D eigenvalue weighted by atomic mass is 16.4. The van der Waals surface area contributed by atoms with Crippen LogP contribution in [0.25, 0.3) is 0 Å². The summed E-state index contributed by atoms with van der Waals surface area (Å²) in [6.07, 6.45) is 10.8. The Hall–Kier alpha value is -1.38. The highest BCUT2D eigenvalue weighted by Crippen LogP contribution is 2.17. The highest BCUT2D eigenvalue weighted by Gasteiger charge is 2.29. The average Bonchev–Trinajstić information content (AvgIpc) is 2.90. The van der Waals surface area contributed by atoms with E-state index in [9.17, 15) is 19.8 Å². The molecule has 4 atom stereocenters. The number of rotatable bonds is 20. The Morgan fingerprint density at radius 2 is 0.900 bits per heavy atom. The molecule has 1 fully saturated rings. The van der Waals surface area contributed by atoms with E-state index in [4.69, 9.17) is 22.9 Å². The lowest BCUT2D eigenvalue weighted by atomic mass is 10.0. The maximum Gasteiger partial charge on any atom is 0.317 e. The Kier molecular flexibility index (Phi) is 21.3. The van der Waals surface area contributed by atoms with E-state index in [0.717, 1.165) is 77.0 Å². The molecule has 236 valence electrons. The molecule has 0 spiro atoms. The van der Waals surface area contributed by atoms with E-state index in [1.165, 1.54) is 0 Å². The van der Waals surface area contributed by atoms with E-state index in [1.807, 2.05) is 0 Å². The minimum atomic E-state index is -0.830. The molecule has 0 aromatic rings. The molecule has 0 bridgehead atoms. The van der Waals surface area contributed by atoms with Gasteiger partial charge in [0.1, 0.15) is 0 Å². The van der Waals surface area contributed by atoms with Gasteiger partial charge in [0.15, 0.2) is 0 Å². The van der Waals surface area contributed by atoms with E-state index in [1.54, 1.807) is 0 Å². The SMILES string of the molecule is NCCCC[C@H]1CN(CC(=O)O)[C@@H](CCCCN)CN[C@@H](CCCCN)CN(CC(=O)O)[C@@H](CCCCN)CN1. The molecule has 1 aliphatic rings. The van der Waals surface area contributed by atoms with Crippen molar-refractivity contribution >= 4 is 11.9 Å². The van der Waals surface area contributed by atoms with Gasteiger partial charge in [-0.25, -0.2) is 0 Å². The van der Waals surface area contributed by atoms with Crippen molar-refractivity contribution in [3.8, 4) is 0 Å². The molecule has 0 aliphatic carbocycles. The van der Waals surface area contributed by atoms with Crippen molar-refractivity contribution in [3.05, 3.63) is 0 Å². The molecule has 1 rings (SSSR count). The van der Waals surface area contributed by atoms with Crippen LogP contribution < -0.4 is 33.6 Å². The van der Waals surface area contributed by atoms with Crippen LogP contribution in [0.15, 0.2) is 0 Å². The molecule has 0 saturated carbocycles. The lowest BCUT2D eigenvalue weighted by Gasteiger charge is -2.40. The molecule has 1 heterocycles. The van der Waals surface area contributed by atoms with E-state index in [2.05, 4.69) is 20.4 Å². The molecule has 1 aliphatic heterocycles. The lowest BCUT2D eigenvalue weighted by molar-refractivity contribution is -0.139. The number of carboxylic acid groups (broad SMARTS) is 2. The van der Waals surface area contributed by atoms with Gasteiger partial charge >= 0.3 is 11.9 Å². The van der Waals surface area contributed by atoms with Crippen molar-refractivity contribution in [1.82, 2.24) is 20.4 Å². The third-order valence-corrected chi connectivity index (χ3v) is 7.90. The molecule has 0 radical (unpaired) electrons. The molecule has 0 aromatic carbocycles. The number of hydrogen-bond donors (Lipinski definition) is 8. The number of nitrogens with one attached hydrogen (secondary N) is 2. The summed E-state index contributed by atoms with van der Waals surface area (Å²) in [7, 11) is 0. The zero-order valence-electron chi connectivity index (χ0n) is 24.8. The van der Waals surface area contributed by atoms with E-state index in [-0.39, 0.29) is 37.3 Å². The minimum absolute atomic E-state index is 0.0209. The molecule has 0 unspecified atom stereocenters. The molecule has 1 saturated heterocycles. The number of carbonyl (C=O) groups is 2. The molecular formula is C28H60N8O4. The topological polar surface area (TPSA) is 209 Å². The van der Waals surface area contributed by atoms with Gasteiger partial charge in [-0.3, -0.25) is 19.4 Å². The van der Waals surface area contributed by atoms with Gasteiger partial charge in [0.05, 0.1) is 13.1 Å². The second-order valence-corrected chi connectivity index (χ2v) is 11.3. The minimum Gasteiger partial charge on any atom is -0.480 e. The molecule has 0 aromatic heterocycles. The van der Waals surface area contributed by atoms with E-state index >= 15 is 0 Å². The summed E-state index contributed by atoms with van der Waals surface area (Å²) in [6, 6.07) is 0.218. The van der Waals surface area contributed by atoms with Gasteiger partial charge in [-0.05, 0) is 77.5 Å². The van der Waals surface area contributed by atoms with Crippen molar-refractivity contribution in [2.24, 2.45) is 22.9 Å². The first kappa shape index (κ1) is 36.6. The third kappa shape index (κ3) is 16.8. The Morgan fingerprint density at radius 1 is 0.575 bits per heavy atom. The summed E-state index contributed by atoms with van der Waals surface area (Å²) in [5.41, 5.74) is 23.1. The third-order valence-electron chi connectivity index (χ3n) is 7.90. The van der Waals surface area contributed by atoms with Crippen molar-refractivity contribution < 1.29 is 19.8 Å². The Bertz CT molecular complexity index is 606. The number of carboxylic acids is 2. The molecule has 40 heavy (non-hydrogen) atoms. The van der Waals surface area contributed by atoms with Crippen molar-refractivity contribution in [1.29, 1.82) is 0 Å². The molecule has 12 N–H and O–H groups in total. The van der Waals surface area contributed by atoms with Gasteiger partial charge in [-0.15, -0.1) is 0 Å².